The van der Waals surface area contributed by atoms with Crippen molar-refractivity contribution < 1.29 is 9.53 Å². The number of nitrogens with one attached hydrogen (secondary N) is 1. The summed E-state index contributed by atoms with van der Waals surface area (Å²) in [5.41, 5.74) is 2.43. The fourth-order valence-corrected chi connectivity index (χ4v) is 3.25. The third-order valence-electron chi connectivity index (χ3n) is 4.58. The minimum atomic E-state index is -0.668. The maximum absolute atomic E-state index is 12.8. The molecule has 1 unspecified atom stereocenters. The fraction of sp³-hybridized carbons (Fsp3) is 0.143. The van der Waals surface area contributed by atoms with Gasteiger partial charge in [-0.1, -0.05) is 29.8 Å². The molecule has 0 aliphatic heterocycles. The van der Waals surface area contributed by atoms with Gasteiger partial charge in [0.2, 0.25) is 0 Å². The number of esters is 1. The van der Waals surface area contributed by atoms with Crippen molar-refractivity contribution in [2.45, 2.75) is 19.4 Å². The number of rotatable bonds is 5. The molecule has 0 saturated carbocycles. The number of benzene rings is 1. The van der Waals surface area contributed by atoms with Crippen molar-refractivity contribution in [3.05, 3.63) is 98.8 Å². The van der Waals surface area contributed by atoms with Crippen molar-refractivity contribution in [2.75, 3.05) is 0 Å². The Balaban J connectivity index is 1.64. The van der Waals surface area contributed by atoms with Crippen molar-refractivity contribution in [2.24, 2.45) is 0 Å². The Morgan fingerprint density at radius 1 is 1.21 bits per heavy atom. The van der Waals surface area contributed by atoms with Crippen LogP contribution in [0.4, 0.5) is 0 Å². The second-order valence-electron chi connectivity index (χ2n) is 6.52. The van der Waals surface area contributed by atoms with E-state index >= 15 is 0 Å². The predicted molar refractivity (Wildman–Crippen MR) is 108 cm³/mol. The van der Waals surface area contributed by atoms with Gasteiger partial charge in [0.15, 0.2) is 11.8 Å². The molecule has 0 aliphatic carbocycles. The average Bonchev–Trinajstić information content (AvgIpc) is 3.19. The molecule has 4 aromatic rings. The Morgan fingerprint density at radius 2 is 2.00 bits per heavy atom. The van der Waals surface area contributed by atoms with Crippen molar-refractivity contribution in [3.63, 3.8) is 0 Å². The first kappa shape index (κ1) is 18.9. The average molecular weight is 409 g/mol. The highest BCUT2D eigenvalue weighted by Crippen LogP contribution is 2.27. The number of aromatic nitrogens is 4. The Labute approximate surface area is 170 Å². The third kappa shape index (κ3) is 3.90. The molecule has 3 heterocycles. The lowest BCUT2D eigenvalue weighted by Gasteiger charge is -2.19. The molecule has 0 radical (unpaired) electrons. The number of hydrogen-bond acceptors (Lipinski definition) is 5. The van der Waals surface area contributed by atoms with E-state index in [-0.39, 0.29) is 17.5 Å². The highest BCUT2D eigenvalue weighted by Gasteiger charge is 2.22. The molecule has 7 nitrogen and oxygen atoms in total. The number of aryl methyl sites for hydroxylation is 1. The number of nitrogens with zero attached hydrogens (tertiary/aromatic N) is 3. The van der Waals surface area contributed by atoms with Crippen molar-refractivity contribution in [3.8, 4) is 0 Å². The Morgan fingerprint density at radius 3 is 2.72 bits per heavy atom. The Kier molecular flexibility index (Phi) is 5.14. The van der Waals surface area contributed by atoms with Crippen LogP contribution in [-0.2, 0) is 16.0 Å². The number of halogens is 1. The highest BCUT2D eigenvalue weighted by atomic mass is 35.5. The van der Waals surface area contributed by atoms with Gasteiger partial charge in [0, 0.05) is 40.9 Å². The van der Waals surface area contributed by atoms with Gasteiger partial charge in [0.25, 0.3) is 5.56 Å². The lowest BCUT2D eigenvalue weighted by Crippen LogP contribution is -2.25. The zero-order valence-electron chi connectivity index (χ0n) is 15.5. The number of fused-ring (bicyclic) bond motifs is 1. The molecular formula is C21H17ClN4O3. The number of pyridine rings is 1. The quantitative estimate of drug-likeness (QED) is 0.512. The molecule has 1 atom stereocenters. The van der Waals surface area contributed by atoms with Gasteiger partial charge in [-0.3, -0.25) is 19.7 Å². The van der Waals surface area contributed by atoms with E-state index in [9.17, 15) is 9.59 Å². The summed E-state index contributed by atoms with van der Waals surface area (Å²) in [7, 11) is 0. The summed E-state index contributed by atoms with van der Waals surface area (Å²) in [6.07, 6.45) is 4.04. The van der Waals surface area contributed by atoms with Crippen molar-refractivity contribution in [1.82, 2.24) is 19.6 Å². The minimum Gasteiger partial charge on any atom is -0.452 e. The smallest absolute Gasteiger partial charge is 0.311 e. The van der Waals surface area contributed by atoms with Gasteiger partial charge < -0.3 is 4.74 Å². The second-order valence-corrected chi connectivity index (χ2v) is 6.96. The van der Waals surface area contributed by atoms with Gasteiger partial charge >= 0.3 is 5.97 Å². The first-order valence-corrected chi connectivity index (χ1v) is 9.31. The molecule has 0 fully saturated rings. The molecule has 29 heavy (non-hydrogen) atoms. The van der Waals surface area contributed by atoms with Gasteiger partial charge in [-0.25, -0.2) is 9.50 Å². The molecule has 0 saturated heterocycles. The summed E-state index contributed by atoms with van der Waals surface area (Å²) < 4.78 is 7.06. The number of aromatic amines is 1. The van der Waals surface area contributed by atoms with Gasteiger partial charge in [-0.05, 0) is 30.7 Å². The summed E-state index contributed by atoms with van der Waals surface area (Å²) >= 11 is 5.98. The normalized spacial score (nSPS) is 12.1. The Hall–Kier alpha value is -3.45. The largest absolute Gasteiger partial charge is 0.452 e. The fourth-order valence-electron chi connectivity index (χ4n) is 3.12. The van der Waals surface area contributed by atoms with Crippen molar-refractivity contribution >= 4 is 23.2 Å². The van der Waals surface area contributed by atoms with Crippen LogP contribution in [0.3, 0.4) is 0 Å². The molecule has 1 N–H and O–H groups in total. The molecule has 0 amide bonds. The number of ether oxygens (including phenoxy) is 1. The molecule has 3 aromatic heterocycles. The molecule has 0 aliphatic rings. The zero-order chi connectivity index (χ0) is 20.4. The number of carbonyl (C=O) groups excluding carboxylic acids is 1. The monoisotopic (exact) mass is 408 g/mol. The molecule has 4 rings (SSSR count). The summed E-state index contributed by atoms with van der Waals surface area (Å²) in [4.78, 5) is 33.9. The molecule has 1 aromatic carbocycles. The minimum absolute atomic E-state index is 0.190. The second kappa shape index (κ2) is 7.89. The topological polar surface area (TPSA) is 89.4 Å². The van der Waals surface area contributed by atoms with Crippen LogP contribution in [0.1, 0.15) is 28.5 Å². The van der Waals surface area contributed by atoms with Crippen LogP contribution < -0.4 is 5.56 Å². The molecule has 0 bridgehead atoms. The van der Waals surface area contributed by atoms with E-state index < -0.39 is 12.1 Å². The van der Waals surface area contributed by atoms with Crippen LogP contribution in [0.25, 0.3) is 5.65 Å². The molecule has 0 spiro atoms. The van der Waals surface area contributed by atoms with Gasteiger partial charge in [0.05, 0.1) is 12.0 Å². The van der Waals surface area contributed by atoms with E-state index in [2.05, 4.69) is 15.1 Å². The maximum Gasteiger partial charge on any atom is 0.311 e. The predicted octanol–water partition coefficient (Wildman–Crippen LogP) is 3.25. The lowest BCUT2D eigenvalue weighted by molar-refractivity contribution is -0.146. The van der Waals surface area contributed by atoms with Crippen LogP contribution in [0.15, 0.2) is 65.8 Å². The van der Waals surface area contributed by atoms with E-state index in [1.165, 1.54) is 4.52 Å². The van der Waals surface area contributed by atoms with Crippen molar-refractivity contribution in [1.29, 1.82) is 0 Å². The summed E-state index contributed by atoms with van der Waals surface area (Å²) in [5.74, 6) is -0.540. The van der Waals surface area contributed by atoms with Gasteiger partial charge in [-0.2, -0.15) is 0 Å². The standard InChI is InChI=1S/C21H17ClN4O3/c1-13-17(21(28)26-18(25-13)8-10-24-26)11-19(27)29-20(15-3-2-9-23-12-15)14-4-6-16(22)7-5-14/h2-10,12,20,24H,11H2,1H3. The van der Waals surface area contributed by atoms with E-state index in [4.69, 9.17) is 16.3 Å². The summed E-state index contributed by atoms with van der Waals surface area (Å²) in [5, 5.41) is 3.38. The number of carbonyl (C=O) groups is 1. The zero-order valence-corrected chi connectivity index (χ0v) is 16.3. The Bertz CT molecular complexity index is 1220. The lowest BCUT2D eigenvalue weighted by atomic mass is 10.0. The van der Waals surface area contributed by atoms with Crippen LogP contribution >= 0.6 is 11.6 Å². The molecular weight excluding hydrogens is 392 g/mol. The van der Waals surface area contributed by atoms with Crippen LogP contribution in [-0.4, -0.2) is 25.6 Å². The van der Waals surface area contributed by atoms with Crippen LogP contribution in [0.5, 0.6) is 0 Å². The van der Waals surface area contributed by atoms with E-state index in [1.807, 2.05) is 6.07 Å². The molecule has 146 valence electrons. The number of hydrogen-bond donors (Lipinski definition) is 1. The van der Waals surface area contributed by atoms with Gasteiger partial charge in [-0.15, -0.1) is 0 Å². The third-order valence-corrected chi connectivity index (χ3v) is 4.83. The van der Waals surface area contributed by atoms with Crippen LogP contribution in [0, 0.1) is 6.92 Å². The van der Waals surface area contributed by atoms with E-state index in [0.29, 0.717) is 16.4 Å². The number of H-pyrrole nitrogens is 1. The highest BCUT2D eigenvalue weighted by molar-refractivity contribution is 6.30. The summed E-state index contributed by atoms with van der Waals surface area (Å²) in [6, 6.07) is 12.3. The van der Waals surface area contributed by atoms with E-state index in [0.717, 1.165) is 11.1 Å². The first-order valence-electron chi connectivity index (χ1n) is 8.93. The van der Waals surface area contributed by atoms with Crippen LogP contribution in [0.2, 0.25) is 5.02 Å². The summed E-state index contributed by atoms with van der Waals surface area (Å²) in [6.45, 7) is 1.70. The van der Waals surface area contributed by atoms with E-state index in [1.54, 1.807) is 61.9 Å². The first-order chi connectivity index (χ1) is 14.0. The maximum atomic E-state index is 12.8. The SMILES string of the molecule is Cc1nc2cc[nH]n2c(=O)c1CC(=O)OC(c1ccc(Cl)cc1)c1cccnc1. The van der Waals surface area contributed by atoms with Gasteiger partial charge in [0.1, 0.15) is 0 Å². The molecule has 8 heteroatoms.